The van der Waals surface area contributed by atoms with E-state index in [2.05, 4.69) is 4.37 Å². The van der Waals surface area contributed by atoms with Crippen molar-refractivity contribution in [2.45, 2.75) is 49.8 Å². The second-order valence-corrected chi connectivity index (χ2v) is 13.0. The van der Waals surface area contributed by atoms with Crippen molar-refractivity contribution in [3.8, 4) is 17.1 Å². The maximum atomic E-state index is 13.1. The number of sulfonamides is 1. The average Bonchev–Trinajstić information content (AvgIpc) is 3.51. The molecule has 1 aliphatic carbocycles. The van der Waals surface area contributed by atoms with Gasteiger partial charge in [0.15, 0.2) is 5.82 Å². The number of methoxy groups -OCH3 is 1. The molecule has 5 rings (SSSR count). The normalized spacial score (nSPS) is 20.3. The van der Waals surface area contributed by atoms with Gasteiger partial charge in [0, 0.05) is 30.1 Å². The molecule has 2 fully saturated rings. The lowest BCUT2D eigenvalue weighted by Crippen LogP contribution is -2.42. The molecule has 1 aromatic heterocycles. The van der Waals surface area contributed by atoms with Crippen LogP contribution in [0, 0.1) is 11.3 Å². The molecule has 2 aromatic carbocycles. The van der Waals surface area contributed by atoms with Crippen LogP contribution in [0.5, 0.6) is 5.75 Å². The molecule has 35 heavy (non-hydrogen) atoms. The van der Waals surface area contributed by atoms with E-state index in [4.69, 9.17) is 21.3 Å². The first-order valence-corrected chi connectivity index (χ1v) is 14.7. The van der Waals surface area contributed by atoms with Crippen molar-refractivity contribution >= 4 is 33.2 Å². The summed E-state index contributed by atoms with van der Waals surface area (Å²) in [5, 5.41) is 1.79. The van der Waals surface area contributed by atoms with E-state index in [0.717, 1.165) is 42.1 Å². The molecule has 1 saturated carbocycles. The highest BCUT2D eigenvalue weighted by Gasteiger charge is 2.43. The van der Waals surface area contributed by atoms with E-state index in [1.807, 2.05) is 24.3 Å². The number of rotatable bonds is 7. The Bertz CT molecular complexity index is 1250. The van der Waals surface area contributed by atoms with Crippen LogP contribution in [-0.2, 0) is 16.4 Å². The fraction of sp³-hybridized carbons (Fsp3) is 0.462. The van der Waals surface area contributed by atoms with Gasteiger partial charge >= 0.3 is 0 Å². The lowest BCUT2D eigenvalue weighted by molar-refractivity contribution is 0.153. The van der Waals surface area contributed by atoms with Crippen LogP contribution in [0.25, 0.3) is 11.4 Å². The van der Waals surface area contributed by atoms with Crippen LogP contribution in [0.15, 0.2) is 53.4 Å². The average molecular weight is 532 g/mol. The number of piperidine rings is 1. The number of aryl methyl sites for hydroxylation is 1. The summed E-state index contributed by atoms with van der Waals surface area (Å²) in [4.78, 5) is 5.08. The van der Waals surface area contributed by atoms with Crippen molar-refractivity contribution in [2.75, 3.05) is 20.2 Å². The van der Waals surface area contributed by atoms with E-state index >= 15 is 0 Å². The topological polar surface area (TPSA) is 72.4 Å². The van der Waals surface area contributed by atoms with Gasteiger partial charge in [0.2, 0.25) is 10.0 Å². The monoisotopic (exact) mass is 531 g/mol. The van der Waals surface area contributed by atoms with Gasteiger partial charge < -0.3 is 4.74 Å². The molecule has 2 aliphatic rings. The van der Waals surface area contributed by atoms with Crippen LogP contribution in [0.3, 0.4) is 0 Å². The third-order valence-corrected chi connectivity index (χ3v) is 10.6. The largest absolute Gasteiger partial charge is 0.497 e. The molecule has 1 aliphatic heterocycles. The van der Waals surface area contributed by atoms with E-state index in [0.29, 0.717) is 34.7 Å². The fourth-order valence-corrected chi connectivity index (χ4v) is 7.77. The van der Waals surface area contributed by atoms with Gasteiger partial charge in [-0.25, -0.2) is 13.4 Å². The van der Waals surface area contributed by atoms with Gasteiger partial charge in [-0.1, -0.05) is 11.6 Å². The molecule has 6 nitrogen and oxygen atoms in total. The summed E-state index contributed by atoms with van der Waals surface area (Å²) in [6, 6.07) is 14.3. The Balaban J connectivity index is 1.13. The molecular formula is C26H30ClN3O3S2. The second kappa shape index (κ2) is 10.2. The van der Waals surface area contributed by atoms with Crippen molar-refractivity contribution in [2.24, 2.45) is 11.3 Å². The van der Waals surface area contributed by atoms with Gasteiger partial charge in [0.25, 0.3) is 0 Å². The lowest BCUT2D eigenvalue weighted by Gasteiger charge is -2.39. The van der Waals surface area contributed by atoms with Gasteiger partial charge in [0.1, 0.15) is 10.8 Å². The minimum atomic E-state index is -3.46. The molecule has 1 spiro atoms. The van der Waals surface area contributed by atoms with Crippen LogP contribution in [-0.4, -0.2) is 42.3 Å². The Kier molecular flexibility index (Phi) is 7.17. The molecular weight excluding hydrogens is 502 g/mol. The molecule has 9 heteroatoms. The Morgan fingerprint density at radius 1 is 1.09 bits per heavy atom. The highest BCUT2D eigenvalue weighted by atomic mass is 35.5. The highest BCUT2D eigenvalue weighted by Crippen LogP contribution is 2.50. The zero-order valence-corrected chi connectivity index (χ0v) is 22.2. The van der Waals surface area contributed by atoms with Gasteiger partial charge in [-0.05, 0) is 110 Å². The van der Waals surface area contributed by atoms with Crippen LogP contribution < -0.4 is 4.74 Å². The fourth-order valence-electron chi connectivity index (χ4n) is 5.53. The Morgan fingerprint density at radius 2 is 1.80 bits per heavy atom. The molecule has 1 saturated heterocycles. The van der Waals surface area contributed by atoms with Crippen molar-refractivity contribution in [1.82, 2.24) is 13.7 Å². The summed E-state index contributed by atoms with van der Waals surface area (Å²) in [6.07, 6.45) is 7.55. The molecule has 0 amide bonds. The zero-order valence-electron chi connectivity index (χ0n) is 19.8. The molecule has 3 aromatic rings. The molecule has 2 heterocycles. The molecule has 0 radical (unpaired) electrons. The lowest BCUT2D eigenvalue weighted by atomic mass is 9.76. The van der Waals surface area contributed by atoms with E-state index in [1.165, 1.54) is 30.8 Å². The van der Waals surface area contributed by atoms with Gasteiger partial charge in [-0.15, -0.1) is 0 Å². The first-order chi connectivity index (χ1) is 16.9. The summed E-state index contributed by atoms with van der Waals surface area (Å²) in [5.74, 6) is 2.10. The summed E-state index contributed by atoms with van der Waals surface area (Å²) in [6.45, 7) is 1.20. The minimum Gasteiger partial charge on any atom is -0.497 e. The number of aromatic nitrogens is 2. The van der Waals surface area contributed by atoms with E-state index in [9.17, 15) is 8.42 Å². The Hall–Kier alpha value is -2.00. The van der Waals surface area contributed by atoms with Crippen LogP contribution in [0.1, 0.15) is 43.5 Å². The highest BCUT2D eigenvalue weighted by molar-refractivity contribution is 7.89. The van der Waals surface area contributed by atoms with Gasteiger partial charge in [-0.2, -0.15) is 8.68 Å². The first kappa shape index (κ1) is 24.7. The third-order valence-electron chi connectivity index (χ3n) is 7.62. The summed E-state index contributed by atoms with van der Waals surface area (Å²) >= 11 is 7.47. The van der Waals surface area contributed by atoms with Crippen LogP contribution in [0.2, 0.25) is 5.02 Å². The number of benzene rings is 2. The molecule has 0 N–H and O–H groups in total. The predicted molar refractivity (Wildman–Crippen MR) is 139 cm³/mol. The summed E-state index contributed by atoms with van der Waals surface area (Å²) in [5.41, 5.74) is 1.28. The van der Waals surface area contributed by atoms with E-state index < -0.39 is 10.0 Å². The number of hydrogen-bond donors (Lipinski definition) is 0. The van der Waals surface area contributed by atoms with E-state index in [-0.39, 0.29) is 5.41 Å². The van der Waals surface area contributed by atoms with E-state index in [1.54, 1.807) is 35.7 Å². The maximum absolute atomic E-state index is 13.1. The number of hydrogen-bond acceptors (Lipinski definition) is 6. The van der Waals surface area contributed by atoms with Crippen LogP contribution >= 0.6 is 23.1 Å². The molecule has 0 bridgehead atoms. The maximum Gasteiger partial charge on any atom is 0.243 e. The zero-order chi connectivity index (χ0) is 24.5. The SMILES string of the molecule is COc1ccc(S(=O)(=O)N2CCC3(CCC(CCc4nc(-c5ccc(Cl)cc5)ns4)C3)CC2)cc1. The van der Waals surface area contributed by atoms with Gasteiger partial charge in [-0.3, -0.25) is 0 Å². The Labute approximate surface area is 216 Å². The Morgan fingerprint density at radius 3 is 2.49 bits per heavy atom. The smallest absolute Gasteiger partial charge is 0.243 e. The van der Waals surface area contributed by atoms with Crippen LogP contribution in [0.4, 0.5) is 0 Å². The number of nitrogens with zero attached hydrogens (tertiary/aromatic N) is 3. The first-order valence-electron chi connectivity index (χ1n) is 12.1. The summed E-state index contributed by atoms with van der Waals surface area (Å²) in [7, 11) is -1.88. The number of ether oxygens (including phenoxy) is 1. The summed E-state index contributed by atoms with van der Waals surface area (Å²) < 4.78 is 37.5. The quantitative estimate of drug-likeness (QED) is 0.370. The number of halogens is 1. The standard InChI is InChI=1S/C26H30ClN3O3S2/c1-33-22-7-9-23(10-8-22)35(31,32)30-16-14-26(15-17-30)13-12-19(18-26)2-11-24-28-25(29-34-24)20-3-5-21(27)6-4-20/h3-10,19H,2,11-18H2,1H3. The molecule has 1 atom stereocenters. The van der Waals surface area contributed by atoms with Crippen molar-refractivity contribution < 1.29 is 13.2 Å². The minimum absolute atomic E-state index is 0.284. The molecule has 1 unspecified atom stereocenters. The molecule has 186 valence electrons. The van der Waals surface area contributed by atoms with Crippen molar-refractivity contribution in [3.63, 3.8) is 0 Å². The second-order valence-electron chi connectivity index (χ2n) is 9.75. The van der Waals surface area contributed by atoms with Gasteiger partial charge in [0.05, 0.1) is 12.0 Å². The third kappa shape index (κ3) is 5.40. The van der Waals surface area contributed by atoms with Crippen molar-refractivity contribution in [1.29, 1.82) is 0 Å². The van der Waals surface area contributed by atoms with Crippen molar-refractivity contribution in [3.05, 3.63) is 58.6 Å². The predicted octanol–water partition coefficient (Wildman–Crippen LogP) is 6.07.